The zero-order valence-corrected chi connectivity index (χ0v) is 14.6. The van der Waals surface area contributed by atoms with Crippen LogP contribution in [0.15, 0.2) is 95.7 Å². The van der Waals surface area contributed by atoms with Crippen LogP contribution < -0.4 is 5.32 Å². The van der Waals surface area contributed by atoms with Crippen molar-refractivity contribution in [2.75, 3.05) is 0 Å². The van der Waals surface area contributed by atoms with Crippen LogP contribution in [0.5, 0.6) is 0 Å². The number of nitrogens with one attached hydrogen (secondary N) is 1. The fourth-order valence-electron chi connectivity index (χ4n) is 2.94. The molecule has 0 bridgehead atoms. The van der Waals surface area contributed by atoms with E-state index in [1.54, 1.807) is 12.5 Å². The van der Waals surface area contributed by atoms with Crippen LogP contribution in [0, 0.1) is 0 Å². The molecule has 1 amide bonds. The highest BCUT2D eigenvalue weighted by Crippen LogP contribution is 2.22. The Labute approximate surface area is 157 Å². The van der Waals surface area contributed by atoms with Gasteiger partial charge in [-0.2, -0.15) is 0 Å². The summed E-state index contributed by atoms with van der Waals surface area (Å²) in [5.41, 5.74) is 4.48. The molecule has 0 aliphatic rings. The zero-order chi connectivity index (χ0) is 18.5. The van der Waals surface area contributed by atoms with Gasteiger partial charge in [0.2, 0.25) is 0 Å². The number of benzene rings is 2. The minimum Gasteiger partial charge on any atom is -0.463 e. The molecular weight excluding hydrogens is 336 g/mol. The highest BCUT2D eigenvalue weighted by atomic mass is 16.3. The molecule has 132 valence electrons. The van der Waals surface area contributed by atoms with Crippen LogP contribution in [-0.4, -0.2) is 10.9 Å². The van der Waals surface area contributed by atoms with Crippen LogP contribution in [0.25, 0.3) is 22.6 Å². The van der Waals surface area contributed by atoms with Gasteiger partial charge in [0.25, 0.3) is 5.91 Å². The molecule has 4 heteroatoms. The van der Waals surface area contributed by atoms with Gasteiger partial charge in [-0.15, -0.1) is 0 Å². The normalized spacial score (nSPS) is 10.5. The average molecular weight is 354 g/mol. The molecule has 0 aliphatic heterocycles. The molecule has 2 aromatic carbocycles. The van der Waals surface area contributed by atoms with Crippen molar-refractivity contribution in [3.05, 3.63) is 102 Å². The Bertz CT molecular complexity index is 1020. The highest BCUT2D eigenvalue weighted by molar-refractivity contribution is 5.94. The molecule has 0 saturated heterocycles. The molecule has 2 heterocycles. The third kappa shape index (κ3) is 3.80. The quantitative estimate of drug-likeness (QED) is 0.552. The minimum atomic E-state index is -0.121. The van der Waals surface area contributed by atoms with E-state index in [-0.39, 0.29) is 5.91 Å². The molecule has 0 unspecified atom stereocenters. The fourth-order valence-corrected chi connectivity index (χ4v) is 2.94. The van der Waals surface area contributed by atoms with Crippen LogP contribution in [0.2, 0.25) is 0 Å². The summed E-state index contributed by atoms with van der Waals surface area (Å²) in [5, 5.41) is 2.96. The highest BCUT2D eigenvalue weighted by Gasteiger charge is 2.11. The summed E-state index contributed by atoms with van der Waals surface area (Å²) in [6, 6.07) is 25.2. The Morgan fingerprint density at radius 3 is 2.37 bits per heavy atom. The lowest BCUT2D eigenvalue weighted by molar-refractivity contribution is 0.0951. The van der Waals surface area contributed by atoms with Crippen molar-refractivity contribution in [3.8, 4) is 22.6 Å². The molecule has 4 rings (SSSR count). The van der Waals surface area contributed by atoms with E-state index in [1.165, 1.54) is 0 Å². The van der Waals surface area contributed by atoms with Gasteiger partial charge in [0.1, 0.15) is 5.69 Å². The summed E-state index contributed by atoms with van der Waals surface area (Å²) in [6.45, 7) is 0.378. The fraction of sp³-hybridized carbons (Fsp3) is 0.0435. The third-order valence-electron chi connectivity index (χ3n) is 4.34. The summed E-state index contributed by atoms with van der Waals surface area (Å²) in [4.78, 5) is 16.9. The van der Waals surface area contributed by atoms with Crippen LogP contribution in [0.3, 0.4) is 0 Å². The first kappa shape index (κ1) is 16.8. The predicted octanol–water partition coefficient (Wildman–Crippen LogP) is 4.94. The van der Waals surface area contributed by atoms with Crippen LogP contribution >= 0.6 is 0 Å². The molecule has 0 atom stereocenters. The van der Waals surface area contributed by atoms with Crippen LogP contribution in [0.1, 0.15) is 15.9 Å². The van der Waals surface area contributed by atoms with Gasteiger partial charge in [-0.1, -0.05) is 48.5 Å². The van der Waals surface area contributed by atoms with E-state index in [0.29, 0.717) is 17.9 Å². The lowest BCUT2D eigenvalue weighted by Crippen LogP contribution is -2.23. The average Bonchev–Trinajstić information content (AvgIpc) is 3.28. The molecule has 4 aromatic rings. The van der Waals surface area contributed by atoms with Crippen molar-refractivity contribution >= 4 is 5.91 Å². The van der Waals surface area contributed by atoms with E-state index >= 15 is 0 Å². The zero-order valence-electron chi connectivity index (χ0n) is 14.6. The predicted molar refractivity (Wildman–Crippen MR) is 105 cm³/mol. The van der Waals surface area contributed by atoms with E-state index in [4.69, 9.17) is 4.42 Å². The summed E-state index contributed by atoms with van der Waals surface area (Å²) < 4.78 is 5.43. The summed E-state index contributed by atoms with van der Waals surface area (Å²) in [6.07, 6.45) is 3.33. The summed E-state index contributed by atoms with van der Waals surface area (Å²) in [7, 11) is 0. The summed E-state index contributed by atoms with van der Waals surface area (Å²) >= 11 is 0. The number of hydrogen-bond acceptors (Lipinski definition) is 3. The second-order valence-corrected chi connectivity index (χ2v) is 6.11. The maximum absolute atomic E-state index is 12.5. The number of hydrogen-bond donors (Lipinski definition) is 1. The van der Waals surface area contributed by atoms with Crippen molar-refractivity contribution in [1.29, 1.82) is 0 Å². The monoisotopic (exact) mass is 354 g/mol. The Hall–Kier alpha value is -3.66. The van der Waals surface area contributed by atoms with Gasteiger partial charge >= 0.3 is 0 Å². The topological polar surface area (TPSA) is 55.1 Å². The first-order valence-electron chi connectivity index (χ1n) is 8.73. The molecule has 2 aromatic heterocycles. The number of nitrogens with zero attached hydrogens (tertiary/aromatic N) is 1. The molecular formula is C23H18N2O2. The molecule has 0 aliphatic carbocycles. The van der Waals surface area contributed by atoms with E-state index in [2.05, 4.69) is 10.3 Å². The second kappa shape index (κ2) is 7.70. The van der Waals surface area contributed by atoms with E-state index in [9.17, 15) is 4.79 Å². The van der Waals surface area contributed by atoms with Gasteiger partial charge in [-0.05, 0) is 41.5 Å². The molecule has 27 heavy (non-hydrogen) atoms. The molecule has 0 spiro atoms. The Morgan fingerprint density at radius 1 is 0.852 bits per heavy atom. The number of carbonyl (C=O) groups is 1. The number of rotatable bonds is 5. The molecule has 0 fully saturated rings. The van der Waals surface area contributed by atoms with E-state index in [1.807, 2.05) is 78.9 Å². The standard InChI is InChI=1S/C23H18N2O2/c26-23(19-12-10-18(11-13-19)17-6-2-1-3-7-17)25-16-20-8-4-14-24-22(20)21-9-5-15-27-21/h1-15H,16H2,(H,25,26). The maximum Gasteiger partial charge on any atom is 0.251 e. The Balaban J connectivity index is 1.46. The van der Waals surface area contributed by atoms with E-state index < -0.39 is 0 Å². The van der Waals surface area contributed by atoms with Crippen molar-refractivity contribution in [3.63, 3.8) is 0 Å². The van der Waals surface area contributed by atoms with Crippen molar-refractivity contribution in [1.82, 2.24) is 10.3 Å². The smallest absolute Gasteiger partial charge is 0.251 e. The van der Waals surface area contributed by atoms with Gasteiger partial charge in [0, 0.05) is 23.9 Å². The molecule has 4 nitrogen and oxygen atoms in total. The SMILES string of the molecule is O=C(NCc1cccnc1-c1ccco1)c1ccc(-c2ccccc2)cc1. The van der Waals surface area contributed by atoms with Crippen LogP contribution in [0.4, 0.5) is 0 Å². The van der Waals surface area contributed by atoms with Crippen molar-refractivity contribution < 1.29 is 9.21 Å². The lowest BCUT2D eigenvalue weighted by Gasteiger charge is -2.09. The van der Waals surface area contributed by atoms with Crippen molar-refractivity contribution in [2.45, 2.75) is 6.54 Å². The third-order valence-corrected chi connectivity index (χ3v) is 4.34. The Kier molecular flexibility index (Phi) is 4.79. The maximum atomic E-state index is 12.5. The van der Waals surface area contributed by atoms with Crippen LogP contribution in [-0.2, 0) is 6.54 Å². The second-order valence-electron chi connectivity index (χ2n) is 6.11. The van der Waals surface area contributed by atoms with Gasteiger partial charge in [-0.25, -0.2) is 0 Å². The van der Waals surface area contributed by atoms with Crippen molar-refractivity contribution in [2.24, 2.45) is 0 Å². The Morgan fingerprint density at radius 2 is 1.63 bits per heavy atom. The molecule has 1 N–H and O–H groups in total. The minimum absolute atomic E-state index is 0.121. The summed E-state index contributed by atoms with van der Waals surface area (Å²) in [5.74, 6) is 0.566. The molecule has 0 saturated carbocycles. The van der Waals surface area contributed by atoms with Gasteiger partial charge in [0.15, 0.2) is 5.76 Å². The number of carbonyl (C=O) groups excluding carboxylic acids is 1. The largest absolute Gasteiger partial charge is 0.463 e. The van der Waals surface area contributed by atoms with Gasteiger partial charge in [-0.3, -0.25) is 9.78 Å². The van der Waals surface area contributed by atoms with E-state index in [0.717, 1.165) is 22.4 Å². The number of pyridine rings is 1. The number of furan rings is 1. The first-order valence-corrected chi connectivity index (χ1v) is 8.73. The van der Waals surface area contributed by atoms with Gasteiger partial charge in [0.05, 0.1) is 6.26 Å². The number of amides is 1. The van der Waals surface area contributed by atoms with Gasteiger partial charge < -0.3 is 9.73 Å². The number of aromatic nitrogens is 1. The molecule has 0 radical (unpaired) electrons. The lowest BCUT2D eigenvalue weighted by atomic mass is 10.0. The first-order chi connectivity index (χ1) is 13.3.